The van der Waals surface area contributed by atoms with Gasteiger partial charge in [-0.05, 0) is 54.7 Å². The molecule has 4 heteroatoms. The molecule has 1 unspecified atom stereocenters. The predicted molar refractivity (Wildman–Crippen MR) is 79.6 cm³/mol. The first-order valence-corrected chi connectivity index (χ1v) is 7.05. The molecule has 1 atom stereocenters. The van der Waals surface area contributed by atoms with E-state index >= 15 is 0 Å². The lowest BCUT2D eigenvalue weighted by Crippen LogP contribution is -2.02. The maximum Gasteiger partial charge on any atom is 0.162 e. The summed E-state index contributed by atoms with van der Waals surface area (Å²) in [6, 6.07) is 7.82. The van der Waals surface area contributed by atoms with E-state index in [1.54, 1.807) is 0 Å². The molecule has 0 aromatic heterocycles. The highest BCUT2D eigenvalue weighted by Crippen LogP contribution is 2.33. The van der Waals surface area contributed by atoms with Crippen molar-refractivity contribution in [1.29, 1.82) is 0 Å². The van der Waals surface area contributed by atoms with Crippen molar-refractivity contribution in [3.8, 4) is 0 Å². The van der Waals surface area contributed by atoms with Crippen LogP contribution >= 0.6 is 23.2 Å². The minimum Gasteiger partial charge on any atom is -0.204 e. The molecule has 0 heterocycles. The molecule has 0 nitrogen and oxygen atoms in total. The van der Waals surface area contributed by atoms with Crippen LogP contribution in [0.5, 0.6) is 0 Å². The summed E-state index contributed by atoms with van der Waals surface area (Å²) in [5.41, 5.74) is 3.12. The van der Waals surface area contributed by atoms with Crippen molar-refractivity contribution in [2.45, 2.75) is 25.6 Å². The molecule has 0 amide bonds. The van der Waals surface area contributed by atoms with Crippen molar-refractivity contribution in [3.05, 3.63) is 69.2 Å². The van der Waals surface area contributed by atoms with Crippen LogP contribution in [0.25, 0.3) is 0 Å². The van der Waals surface area contributed by atoms with Crippen LogP contribution in [0.15, 0.2) is 30.3 Å². The Kier molecular flexibility index (Phi) is 4.66. The summed E-state index contributed by atoms with van der Waals surface area (Å²) in [4.78, 5) is 0. The molecule has 106 valence electrons. The Balaban J connectivity index is 2.31. The highest BCUT2D eigenvalue weighted by Gasteiger charge is 2.17. The average Bonchev–Trinajstić information content (AvgIpc) is 2.39. The number of hydrogen-bond acceptors (Lipinski definition) is 0. The smallest absolute Gasteiger partial charge is 0.162 e. The summed E-state index contributed by atoms with van der Waals surface area (Å²) in [5.74, 6) is -1.71. The van der Waals surface area contributed by atoms with E-state index in [4.69, 9.17) is 23.2 Å². The second kappa shape index (κ2) is 6.11. The second-order valence-corrected chi connectivity index (χ2v) is 5.78. The van der Waals surface area contributed by atoms with Gasteiger partial charge in [-0.2, -0.15) is 0 Å². The maximum absolute atomic E-state index is 13.7. The van der Waals surface area contributed by atoms with Crippen LogP contribution in [-0.4, -0.2) is 0 Å². The van der Waals surface area contributed by atoms with Crippen LogP contribution < -0.4 is 0 Å². The quantitative estimate of drug-likeness (QED) is 0.632. The Bertz CT molecular complexity index is 639. The van der Waals surface area contributed by atoms with E-state index < -0.39 is 17.0 Å². The van der Waals surface area contributed by atoms with Gasteiger partial charge in [-0.15, -0.1) is 11.6 Å². The van der Waals surface area contributed by atoms with Crippen LogP contribution in [0.2, 0.25) is 5.02 Å². The molecule has 0 radical (unpaired) electrons. The van der Waals surface area contributed by atoms with Crippen molar-refractivity contribution < 1.29 is 8.78 Å². The Labute approximate surface area is 127 Å². The van der Waals surface area contributed by atoms with E-state index in [9.17, 15) is 8.78 Å². The highest BCUT2D eigenvalue weighted by molar-refractivity contribution is 6.32. The van der Waals surface area contributed by atoms with Gasteiger partial charge in [0.1, 0.15) is 0 Å². The van der Waals surface area contributed by atoms with Crippen LogP contribution in [0.4, 0.5) is 8.78 Å². The number of alkyl halides is 1. The van der Waals surface area contributed by atoms with Crippen molar-refractivity contribution >= 4 is 23.2 Å². The molecule has 2 aromatic rings. The predicted octanol–water partition coefficient (Wildman–Crippen LogP) is 5.76. The lowest BCUT2D eigenvalue weighted by molar-refractivity contribution is 0.498. The van der Waals surface area contributed by atoms with Crippen molar-refractivity contribution in [1.82, 2.24) is 0 Å². The molecule has 0 spiro atoms. The summed E-state index contributed by atoms with van der Waals surface area (Å²) in [6.07, 6.45) is 0.188. The zero-order chi connectivity index (χ0) is 14.9. The Morgan fingerprint density at radius 3 is 2.45 bits per heavy atom. The fourth-order valence-corrected chi connectivity index (χ4v) is 2.81. The largest absolute Gasteiger partial charge is 0.204 e. The van der Waals surface area contributed by atoms with Crippen molar-refractivity contribution in [2.24, 2.45) is 0 Å². The monoisotopic (exact) mass is 314 g/mol. The highest BCUT2D eigenvalue weighted by atomic mass is 35.5. The van der Waals surface area contributed by atoms with Gasteiger partial charge in [0.05, 0.1) is 5.38 Å². The van der Waals surface area contributed by atoms with E-state index in [-0.39, 0.29) is 12.0 Å². The van der Waals surface area contributed by atoms with E-state index in [2.05, 4.69) is 0 Å². The molecule has 0 aliphatic rings. The first-order chi connectivity index (χ1) is 9.40. The summed E-state index contributed by atoms with van der Waals surface area (Å²) in [6.45, 7) is 3.92. The van der Waals surface area contributed by atoms with Crippen LogP contribution in [0, 0.1) is 25.5 Å². The van der Waals surface area contributed by atoms with Crippen molar-refractivity contribution in [3.63, 3.8) is 0 Å². The van der Waals surface area contributed by atoms with Crippen LogP contribution in [0.1, 0.15) is 27.6 Å². The maximum atomic E-state index is 13.7. The Morgan fingerprint density at radius 1 is 1.10 bits per heavy atom. The van der Waals surface area contributed by atoms with Gasteiger partial charge in [-0.3, -0.25) is 0 Å². The van der Waals surface area contributed by atoms with E-state index in [0.717, 1.165) is 22.8 Å². The topological polar surface area (TPSA) is 0 Å². The zero-order valence-corrected chi connectivity index (χ0v) is 12.7. The third kappa shape index (κ3) is 3.13. The van der Waals surface area contributed by atoms with Crippen molar-refractivity contribution in [2.75, 3.05) is 0 Å². The number of hydrogen-bond donors (Lipinski definition) is 0. The standard InChI is InChI=1S/C16H14Cl2F2/c1-9-6-12(13(17)7-10(9)2)14(18)8-11-4-3-5-15(19)16(11)20/h3-7,14H,8H2,1-2H3. The Morgan fingerprint density at radius 2 is 1.75 bits per heavy atom. The molecule has 0 bridgehead atoms. The minimum atomic E-state index is -0.863. The lowest BCUT2D eigenvalue weighted by Gasteiger charge is -2.14. The molecule has 0 aliphatic carbocycles. The van der Waals surface area contributed by atoms with E-state index in [1.807, 2.05) is 26.0 Å². The van der Waals surface area contributed by atoms with Crippen LogP contribution in [0.3, 0.4) is 0 Å². The number of aryl methyl sites for hydroxylation is 2. The summed E-state index contributed by atoms with van der Waals surface area (Å²) >= 11 is 12.5. The molecule has 2 aromatic carbocycles. The number of rotatable bonds is 3. The minimum absolute atomic E-state index is 0.188. The van der Waals surface area contributed by atoms with Gasteiger partial charge in [0.15, 0.2) is 11.6 Å². The van der Waals surface area contributed by atoms with Gasteiger partial charge < -0.3 is 0 Å². The molecule has 0 saturated heterocycles. The van der Waals surface area contributed by atoms with Gasteiger partial charge in [-0.1, -0.05) is 29.8 Å². The third-order valence-electron chi connectivity index (χ3n) is 3.38. The molecule has 0 fully saturated rings. The fourth-order valence-electron chi connectivity index (χ4n) is 2.05. The molecule has 2 rings (SSSR count). The van der Waals surface area contributed by atoms with Gasteiger partial charge in [0.2, 0.25) is 0 Å². The van der Waals surface area contributed by atoms with Gasteiger partial charge in [0.25, 0.3) is 0 Å². The normalized spacial score (nSPS) is 12.5. The van der Waals surface area contributed by atoms with Gasteiger partial charge in [0, 0.05) is 5.02 Å². The molecule has 0 saturated carbocycles. The first-order valence-electron chi connectivity index (χ1n) is 6.23. The SMILES string of the molecule is Cc1cc(Cl)c(C(Cl)Cc2cccc(F)c2F)cc1C. The molecule has 0 N–H and O–H groups in total. The molecule has 20 heavy (non-hydrogen) atoms. The van der Waals surface area contributed by atoms with Gasteiger partial charge >= 0.3 is 0 Å². The molecule has 0 aliphatic heterocycles. The number of halogens is 4. The second-order valence-electron chi connectivity index (χ2n) is 4.84. The Hall–Kier alpha value is -1.12. The average molecular weight is 315 g/mol. The lowest BCUT2D eigenvalue weighted by atomic mass is 9.99. The zero-order valence-electron chi connectivity index (χ0n) is 11.2. The summed E-state index contributed by atoms with van der Waals surface area (Å²) in [7, 11) is 0. The number of benzene rings is 2. The van der Waals surface area contributed by atoms with Crippen LogP contribution in [-0.2, 0) is 6.42 Å². The summed E-state index contributed by atoms with van der Waals surface area (Å²) < 4.78 is 26.8. The fraction of sp³-hybridized carbons (Fsp3) is 0.250. The van der Waals surface area contributed by atoms with E-state index in [1.165, 1.54) is 12.1 Å². The molecular formula is C16H14Cl2F2. The third-order valence-corrected chi connectivity index (χ3v) is 4.10. The first kappa shape index (κ1) is 15.3. The van der Waals surface area contributed by atoms with E-state index in [0.29, 0.717) is 5.02 Å². The molecular weight excluding hydrogens is 301 g/mol. The summed E-state index contributed by atoms with van der Waals surface area (Å²) in [5, 5.41) is 0.0445. The van der Waals surface area contributed by atoms with Gasteiger partial charge in [-0.25, -0.2) is 8.78 Å².